The third-order valence-electron chi connectivity index (χ3n) is 5.00. The molecule has 0 spiro atoms. The molecule has 6 atom stereocenters. The van der Waals surface area contributed by atoms with Gasteiger partial charge in [0.25, 0.3) is 0 Å². The Labute approximate surface area is 139 Å². The Morgan fingerprint density at radius 1 is 1.47 bits per heavy atom. The van der Waals surface area contributed by atoms with E-state index < -0.39 is 0 Å². The fourth-order valence-electron chi connectivity index (χ4n) is 3.86. The maximum atomic E-state index is 12.3. The van der Waals surface area contributed by atoms with Crippen LogP contribution in [0.4, 0.5) is 0 Å². The number of alkyl halides is 2. The predicted octanol–water partition coefficient (Wildman–Crippen LogP) is -0.129. The van der Waals surface area contributed by atoms with Crippen molar-refractivity contribution in [3.63, 3.8) is 0 Å². The zero-order valence-corrected chi connectivity index (χ0v) is 15.8. The Hall–Kier alpha value is 0.890. The van der Waals surface area contributed by atoms with Gasteiger partial charge in [0.15, 0.2) is 0 Å². The van der Waals surface area contributed by atoms with Crippen molar-refractivity contribution >= 4 is 28.6 Å². The first-order chi connectivity index (χ1) is 8.98. The fraction of sp³-hybridized carbons (Fsp3) is 0.929. The Balaban J connectivity index is 1.66. The number of carbonyl (C=O) groups excluding carboxylic acids is 1. The molecule has 19 heavy (non-hydrogen) atoms. The van der Waals surface area contributed by atoms with Crippen molar-refractivity contribution in [3.8, 4) is 0 Å². The molecule has 2 bridgehead atoms. The van der Waals surface area contributed by atoms with Crippen molar-refractivity contribution in [2.45, 2.75) is 59.5 Å². The summed E-state index contributed by atoms with van der Waals surface area (Å²) >= 11 is 2.34. The molecule has 2 saturated carbocycles. The number of hydrogen-bond acceptors (Lipinski definition) is 3. The van der Waals surface area contributed by atoms with Crippen LogP contribution in [0.3, 0.4) is 0 Å². The predicted molar refractivity (Wildman–Crippen MR) is 78.5 cm³/mol. The molecule has 3 fully saturated rings. The number of hydrogen-bond donors (Lipinski definition) is 1. The molecule has 0 aromatic rings. The van der Waals surface area contributed by atoms with Crippen LogP contribution in [0.2, 0.25) is 0 Å². The van der Waals surface area contributed by atoms with Gasteiger partial charge in [-0.3, -0.25) is 0 Å². The molecule has 3 nitrogen and oxygen atoms in total. The zero-order chi connectivity index (χ0) is 13.6. The standard InChI is InChI=1S/C14H22I2NO2/c1-8-5-9-3-4-14(2,10(6-8)7-9)19-13(18)11(15)12-16-17-12/h8-12,17H,3-7H2,1-2H3/q-1. The second-order valence-electron chi connectivity index (χ2n) is 6.67. The summed E-state index contributed by atoms with van der Waals surface area (Å²) < 4.78 is 9.81. The Bertz CT molecular complexity index is 372. The normalized spacial score (nSPS) is 46.9. The molecule has 1 saturated heterocycles. The summed E-state index contributed by atoms with van der Waals surface area (Å²) in [6, 6.07) is 0. The summed E-state index contributed by atoms with van der Waals surface area (Å²) in [7, 11) is 0. The minimum absolute atomic E-state index is 0.0227. The van der Waals surface area contributed by atoms with Crippen molar-refractivity contribution < 1.29 is 31.0 Å². The van der Waals surface area contributed by atoms with Gasteiger partial charge in [-0.2, -0.15) is 0 Å². The van der Waals surface area contributed by atoms with Crippen molar-refractivity contribution in [1.29, 1.82) is 0 Å². The first-order valence-electron chi connectivity index (χ1n) is 7.23. The molecular formula is C14H22I2NO2-. The van der Waals surface area contributed by atoms with E-state index in [0.29, 0.717) is 9.97 Å². The third-order valence-corrected chi connectivity index (χ3v) is 9.67. The molecule has 3 rings (SSSR count). The number of rotatable bonds is 3. The van der Waals surface area contributed by atoms with Crippen LogP contribution in [0.25, 0.3) is 0 Å². The molecule has 0 aromatic carbocycles. The number of fused-ring (bicyclic) bond motifs is 2. The monoisotopic (exact) mass is 490 g/mol. The molecule has 3 aliphatic rings. The van der Waals surface area contributed by atoms with Crippen LogP contribution < -0.4 is 25.0 Å². The Kier molecular flexibility index (Phi) is 4.36. The second-order valence-corrected chi connectivity index (χ2v) is 10.6. The van der Waals surface area contributed by atoms with Crippen molar-refractivity contribution in [3.05, 3.63) is 0 Å². The van der Waals surface area contributed by atoms with E-state index in [0.717, 1.165) is 18.3 Å². The van der Waals surface area contributed by atoms with Gasteiger partial charge >= 0.3 is 140 Å². The molecule has 0 aromatic heterocycles. The average Bonchev–Trinajstić information content (AvgIpc) is 3.17. The SMILES string of the molecule is CC1CC2CCC(C)(OC(=O)C(I)C3N[I-]3)C(C1)C2. The summed E-state index contributed by atoms with van der Waals surface area (Å²) in [6.45, 7) is 4.54. The van der Waals surface area contributed by atoms with Crippen LogP contribution in [-0.2, 0) is 9.53 Å². The molecule has 6 unspecified atom stereocenters. The molecule has 0 amide bonds. The topological polar surface area (TPSA) is 48.2 Å². The molecule has 2 aliphatic carbocycles. The summed E-state index contributed by atoms with van der Waals surface area (Å²) in [6.07, 6.45) is 6.20. The van der Waals surface area contributed by atoms with Gasteiger partial charge in [0.2, 0.25) is 0 Å². The first-order valence-corrected chi connectivity index (χ1v) is 10.8. The van der Waals surface area contributed by atoms with Crippen molar-refractivity contribution in [2.75, 3.05) is 0 Å². The molecule has 110 valence electrons. The van der Waals surface area contributed by atoms with Gasteiger partial charge in [0.05, 0.1) is 0 Å². The van der Waals surface area contributed by atoms with Gasteiger partial charge in [-0.05, 0) is 0 Å². The first kappa shape index (κ1) is 14.8. The number of nitrogens with one attached hydrogen (secondary N) is 1. The van der Waals surface area contributed by atoms with Crippen LogP contribution in [-0.4, -0.2) is 19.5 Å². The van der Waals surface area contributed by atoms with Crippen molar-refractivity contribution in [2.24, 2.45) is 17.8 Å². The van der Waals surface area contributed by atoms with Crippen LogP contribution in [0, 0.1) is 17.8 Å². The van der Waals surface area contributed by atoms with Crippen LogP contribution in [0.5, 0.6) is 0 Å². The van der Waals surface area contributed by atoms with Crippen LogP contribution in [0.1, 0.15) is 46.0 Å². The molecular weight excluding hydrogens is 468 g/mol. The van der Waals surface area contributed by atoms with E-state index in [1.165, 1.54) is 25.7 Å². The van der Waals surface area contributed by atoms with Gasteiger partial charge in [0, 0.05) is 0 Å². The van der Waals surface area contributed by atoms with Gasteiger partial charge in [-0.15, -0.1) is 0 Å². The van der Waals surface area contributed by atoms with Crippen LogP contribution >= 0.6 is 22.6 Å². The summed E-state index contributed by atoms with van der Waals surface area (Å²) in [5.74, 6) is 2.29. The minimum atomic E-state index is -0.196. The van der Waals surface area contributed by atoms with Crippen molar-refractivity contribution in [1.82, 2.24) is 3.53 Å². The van der Waals surface area contributed by atoms with E-state index in [4.69, 9.17) is 4.74 Å². The summed E-state index contributed by atoms with van der Waals surface area (Å²) in [4.78, 5) is 12.3. The maximum absolute atomic E-state index is 12.3. The van der Waals surface area contributed by atoms with E-state index in [-0.39, 0.29) is 37.0 Å². The fourth-order valence-corrected chi connectivity index (χ4v) is 6.94. The van der Waals surface area contributed by atoms with E-state index >= 15 is 0 Å². The van der Waals surface area contributed by atoms with Gasteiger partial charge < -0.3 is 0 Å². The summed E-state index contributed by atoms with van der Waals surface area (Å²) in [5.41, 5.74) is -0.196. The molecule has 5 heteroatoms. The summed E-state index contributed by atoms with van der Waals surface area (Å²) in [5, 5.41) is 0. The number of ether oxygens (including phenoxy) is 1. The van der Waals surface area contributed by atoms with Gasteiger partial charge in [-0.25, -0.2) is 0 Å². The number of halogens is 2. The number of esters is 1. The van der Waals surface area contributed by atoms with Crippen LogP contribution in [0.15, 0.2) is 0 Å². The number of carbonyl (C=O) groups is 1. The quantitative estimate of drug-likeness (QED) is 0.150. The molecule has 1 heterocycles. The van der Waals surface area contributed by atoms with Gasteiger partial charge in [-0.1, -0.05) is 0 Å². The van der Waals surface area contributed by atoms with E-state index in [9.17, 15) is 4.79 Å². The van der Waals surface area contributed by atoms with E-state index in [2.05, 4.69) is 40.0 Å². The molecule has 0 radical (unpaired) electrons. The third kappa shape index (κ3) is 3.22. The van der Waals surface area contributed by atoms with Gasteiger partial charge in [0.1, 0.15) is 0 Å². The molecule has 1 aliphatic heterocycles. The van der Waals surface area contributed by atoms with E-state index in [1.807, 2.05) is 0 Å². The average molecular weight is 490 g/mol. The van der Waals surface area contributed by atoms with E-state index in [1.54, 1.807) is 0 Å². The Morgan fingerprint density at radius 2 is 2.21 bits per heavy atom. The molecule has 1 N–H and O–H groups in total. The second kappa shape index (κ2) is 5.59. The zero-order valence-electron chi connectivity index (χ0n) is 11.5. The Morgan fingerprint density at radius 3 is 2.89 bits per heavy atom.